The van der Waals surface area contributed by atoms with Crippen molar-refractivity contribution >= 4 is 24.2 Å². The second-order valence-electron chi connectivity index (χ2n) is 6.01. The zero-order valence-electron chi connectivity index (χ0n) is 14.0. The molecule has 3 N–H and O–H groups in total. The van der Waals surface area contributed by atoms with Crippen LogP contribution in [0, 0.1) is 5.41 Å². The zero-order valence-corrected chi connectivity index (χ0v) is 14.8. The van der Waals surface area contributed by atoms with Gasteiger partial charge in [-0.3, -0.25) is 9.59 Å². The number of carbonyl (C=O) groups excluding carboxylic acids is 2. The molecule has 24 heavy (non-hydrogen) atoms. The standard InChI is InChI=1S/C17H25N3O3.ClH/c1-20(12-14-5-3-2-4-6-14)15(21)11-19-16(22)17(13-18)7-9-23-10-8-17;/h2-6H,7-13,18H2,1H3,(H,19,22);1H. The summed E-state index contributed by atoms with van der Waals surface area (Å²) < 4.78 is 5.30. The topological polar surface area (TPSA) is 84.7 Å². The molecule has 1 aliphatic rings. The van der Waals surface area contributed by atoms with Crippen LogP contribution in [0.5, 0.6) is 0 Å². The first-order valence-corrected chi connectivity index (χ1v) is 7.91. The first-order chi connectivity index (χ1) is 11.1. The number of rotatable bonds is 6. The molecule has 0 aliphatic carbocycles. The highest BCUT2D eigenvalue weighted by molar-refractivity contribution is 5.88. The molecule has 0 spiro atoms. The number of halogens is 1. The van der Waals surface area contributed by atoms with Crippen LogP contribution < -0.4 is 11.1 Å². The quantitative estimate of drug-likeness (QED) is 0.795. The van der Waals surface area contributed by atoms with Crippen LogP contribution in [0.3, 0.4) is 0 Å². The van der Waals surface area contributed by atoms with Crippen LogP contribution in [-0.2, 0) is 20.9 Å². The highest BCUT2D eigenvalue weighted by atomic mass is 35.5. The molecule has 1 fully saturated rings. The summed E-state index contributed by atoms with van der Waals surface area (Å²) in [7, 11) is 1.73. The smallest absolute Gasteiger partial charge is 0.242 e. The molecule has 1 aromatic rings. The van der Waals surface area contributed by atoms with Crippen molar-refractivity contribution < 1.29 is 14.3 Å². The van der Waals surface area contributed by atoms with E-state index in [1.54, 1.807) is 11.9 Å². The normalized spacial score (nSPS) is 15.9. The number of benzene rings is 1. The summed E-state index contributed by atoms with van der Waals surface area (Å²) in [4.78, 5) is 26.2. The van der Waals surface area contributed by atoms with Crippen molar-refractivity contribution in [1.82, 2.24) is 10.2 Å². The van der Waals surface area contributed by atoms with Crippen molar-refractivity contribution in [2.24, 2.45) is 11.1 Å². The number of amides is 2. The van der Waals surface area contributed by atoms with Gasteiger partial charge in [0.05, 0.1) is 12.0 Å². The Bertz CT molecular complexity index is 533. The minimum Gasteiger partial charge on any atom is -0.381 e. The van der Waals surface area contributed by atoms with E-state index >= 15 is 0 Å². The van der Waals surface area contributed by atoms with Gasteiger partial charge in [-0.2, -0.15) is 0 Å². The Labute approximate surface area is 149 Å². The molecule has 0 unspecified atom stereocenters. The molecule has 0 bridgehead atoms. The summed E-state index contributed by atoms with van der Waals surface area (Å²) in [5.41, 5.74) is 6.25. The Morgan fingerprint density at radius 1 is 1.25 bits per heavy atom. The second-order valence-corrected chi connectivity index (χ2v) is 6.01. The maximum atomic E-state index is 12.4. The highest BCUT2D eigenvalue weighted by Gasteiger charge is 2.38. The van der Waals surface area contributed by atoms with Gasteiger partial charge in [0.1, 0.15) is 0 Å². The molecular weight excluding hydrogens is 330 g/mol. The lowest BCUT2D eigenvalue weighted by atomic mass is 9.79. The molecule has 0 aromatic heterocycles. The molecule has 0 saturated carbocycles. The fourth-order valence-corrected chi connectivity index (χ4v) is 2.71. The van der Waals surface area contributed by atoms with Crippen LogP contribution in [0.25, 0.3) is 0 Å². The zero-order chi connectivity index (χ0) is 16.7. The third kappa shape index (κ3) is 5.19. The predicted molar refractivity (Wildman–Crippen MR) is 94.7 cm³/mol. The van der Waals surface area contributed by atoms with Gasteiger partial charge < -0.3 is 20.7 Å². The number of hydrogen-bond donors (Lipinski definition) is 2. The van der Waals surface area contributed by atoms with Crippen LogP contribution in [0.2, 0.25) is 0 Å². The molecule has 2 rings (SSSR count). The third-order valence-corrected chi connectivity index (χ3v) is 4.41. The number of ether oxygens (including phenoxy) is 1. The Kier molecular flexibility index (Phi) is 8.18. The van der Waals surface area contributed by atoms with E-state index in [1.165, 1.54) is 0 Å². The number of nitrogens with one attached hydrogen (secondary N) is 1. The number of nitrogens with two attached hydrogens (primary N) is 1. The minimum absolute atomic E-state index is 0. The van der Waals surface area contributed by atoms with E-state index in [2.05, 4.69) is 5.32 Å². The molecule has 0 radical (unpaired) electrons. The Morgan fingerprint density at radius 2 is 1.88 bits per heavy atom. The van der Waals surface area contributed by atoms with Crippen LogP contribution in [0.4, 0.5) is 0 Å². The van der Waals surface area contributed by atoms with Gasteiger partial charge >= 0.3 is 0 Å². The van der Waals surface area contributed by atoms with E-state index in [4.69, 9.17) is 10.5 Å². The molecule has 1 heterocycles. The monoisotopic (exact) mass is 355 g/mol. The van der Waals surface area contributed by atoms with E-state index in [1.807, 2.05) is 30.3 Å². The van der Waals surface area contributed by atoms with Crippen molar-refractivity contribution in [1.29, 1.82) is 0 Å². The Hall–Kier alpha value is -1.63. The van der Waals surface area contributed by atoms with Crippen LogP contribution >= 0.6 is 12.4 Å². The number of nitrogens with zero attached hydrogens (tertiary/aromatic N) is 1. The van der Waals surface area contributed by atoms with Gasteiger partial charge in [-0.05, 0) is 18.4 Å². The predicted octanol–water partition coefficient (Wildman–Crippen LogP) is 0.938. The summed E-state index contributed by atoms with van der Waals surface area (Å²) in [6.07, 6.45) is 1.20. The van der Waals surface area contributed by atoms with Gasteiger partial charge in [-0.1, -0.05) is 30.3 Å². The molecule has 7 heteroatoms. The lowest BCUT2D eigenvalue weighted by Gasteiger charge is -2.34. The van der Waals surface area contributed by atoms with Crippen molar-refractivity contribution in [2.75, 3.05) is 33.4 Å². The van der Waals surface area contributed by atoms with Gasteiger partial charge in [-0.25, -0.2) is 0 Å². The SMILES string of the molecule is CN(Cc1ccccc1)C(=O)CNC(=O)C1(CN)CCOCC1.Cl. The minimum atomic E-state index is -0.601. The van der Waals surface area contributed by atoms with E-state index in [-0.39, 0.29) is 37.3 Å². The molecule has 1 aliphatic heterocycles. The van der Waals surface area contributed by atoms with Gasteiger partial charge in [0.2, 0.25) is 11.8 Å². The van der Waals surface area contributed by atoms with Gasteiger partial charge in [-0.15, -0.1) is 12.4 Å². The molecule has 6 nitrogen and oxygen atoms in total. The van der Waals surface area contributed by atoms with Crippen molar-refractivity contribution in [2.45, 2.75) is 19.4 Å². The molecular formula is C17H26ClN3O3. The van der Waals surface area contributed by atoms with E-state index in [0.29, 0.717) is 32.6 Å². The highest BCUT2D eigenvalue weighted by Crippen LogP contribution is 2.29. The molecule has 0 atom stereocenters. The van der Waals surface area contributed by atoms with Gasteiger partial charge in [0.25, 0.3) is 0 Å². The van der Waals surface area contributed by atoms with Crippen LogP contribution in [0.1, 0.15) is 18.4 Å². The molecule has 134 valence electrons. The van der Waals surface area contributed by atoms with Crippen molar-refractivity contribution in [3.63, 3.8) is 0 Å². The first kappa shape index (κ1) is 20.4. The number of carbonyl (C=O) groups is 2. The maximum Gasteiger partial charge on any atom is 0.242 e. The third-order valence-electron chi connectivity index (χ3n) is 4.41. The lowest BCUT2D eigenvalue weighted by molar-refractivity contribution is -0.139. The van der Waals surface area contributed by atoms with Gasteiger partial charge in [0.15, 0.2) is 0 Å². The van der Waals surface area contributed by atoms with Crippen LogP contribution in [0.15, 0.2) is 30.3 Å². The van der Waals surface area contributed by atoms with E-state index < -0.39 is 5.41 Å². The number of hydrogen-bond acceptors (Lipinski definition) is 4. The molecule has 2 amide bonds. The Morgan fingerprint density at radius 3 is 2.46 bits per heavy atom. The second kappa shape index (κ2) is 9.61. The van der Waals surface area contributed by atoms with E-state index in [0.717, 1.165) is 5.56 Å². The molecule has 1 saturated heterocycles. The summed E-state index contributed by atoms with van der Waals surface area (Å²) in [6.45, 7) is 1.85. The Balaban J connectivity index is 0.00000288. The van der Waals surface area contributed by atoms with Gasteiger partial charge in [0, 0.05) is 33.4 Å². The fraction of sp³-hybridized carbons (Fsp3) is 0.529. The summed E-state index contributed by atoms with van der Waals surface area (Å²) in [5, 5.41) is 2.74. The number of likely N-dealkylation sites (N-methyl/N-ethyl adjacent to an activating group) is 1. The largest absolute Gasteiger partial charge is 0.381 e. The molecule has 1 aromatic carbocycles. The lowest BCUT2D eigenvalue weighted by Crippen LogP contribution is -2.51. The average molecular weight is 356 g/mol. The van der Waals surface area contributed by atoms with Crippen LogP contribution in [-0.4, -0.2) is 50.1 Å². The first-order valence-electron chi connectivity index (χ1n) is 7.91. The van der Waals surface area contributed by atoms with Crippen molar-refractivity contribution in [3.05, 3.63) is 35.9 Å². The summed E-state index contributed by atoms with van der Waals surface area (Å²) >= 11 is 0. The maximum absolute atomic E-state index is 12.4. The fourth-order valence-electron chi connectivity index (χ4n) is 2.71. The van der Waals surface area contributed by atoms with E-state index in [9.17, 15) is 9.59 Å². The average Bonchev–Trinajstić information content (AvgIpc) is 2.60. The van der Waals surface area contributed by atoms with Crippen molar-refractivity contribution in [3.8, 4) is 0 Å². The summed E-state index contributed by atoms with van der Waals surface area (Å²) in [6, 6.07) is 9.74. The summed E-state index contributed by atoms with van der Waals surface area (Å²) in [5.74, 6) is -0.272.